The number of aryl methyl sites for hydroxylation is 1. The zero-order valence-corrected chi connectivity index (χ0v) is 11.4. The molecule has 0 radical (unpaired) electrons. The highest BCUT2D eigenvalue weighted by Gasteiger charge is 2.33. The van der Waals surface area contributed by atoms with Crippen LogP contribution in [0.2, 0.25) is 0 Å². The van der Waals surface area contributed by atoms with Crippen molar-refractivity contribution in [2.45, 2.75) is 45.1 Å². The van der Waals surface area contributed by atoms with Crippen LogP contribution < -0.4 is 10.4 Å². The lowest BCUT2D eigenvalue weighted by molar-refractivity contribution is 0.0384. The maximum absolute atomic E-state index is 11.3. The molecule has 0 atom stereocenters. The standard InChI is InChI=1S/C16H18O3/c1-3-16(4-2)8-7-12-9-11-5-6-15(17)18-13(11)10-14(12)19-16/h5-6,9-10H,3-4,7-8H2,1-2H3. The molecule has 0 aliphatic carbocycles. The van der Waals surface area contributed by atoms with Gasteiger partial charge in [0.25, 0.3) is 0 Å². The SMILES string of the molecule is CCC1(CC)CCc2cc3ccc(=O)oc3cc2O1. The second-order valence-corrected chi connectivity index (χ2v) is 5.24. The number of fused-ring (bicyclic) bond motifs is 2. The quantitative estimate of drug-likeness (QED) is 0.771. The Labute approximate surface area is 112 Å². The van der Waals surface area contributed by atoms with Crippen LogP contribution in [0.1, 0.15) is 38.7 Å². The summed E-state index contributed by atoms with van der Waals surface area (Å²) >= 11 is 0. The molecule has 3 rings (SSSR count). The van der Waals surface area contributed by atoms with Crippen LogP contribution in [0, 0.1) is 0 Å². The molecule has 0 N–H and O–H groups in total. The maximum Gasteiger partial charge on any atom is 0.336 e. The van der Waals surface area contributed by atoms with Gasteiger partial charge in [0.2, 0.25) is 0 Å². The van der Waals surface area contributed by atoms with Crippen molar-refractivity contribution in [1.82, 2.24) is 0 Å². The Balaban J connectivity index is 2.11. The van der Waals surface area contributed by atoms with Gasteiger partial charge in [0.15, 0.2) is 0 Å². The predicted molar refractivity (Wildman–Crippen MR) is 74.7 cm³/mol. The molecule has 0 unspecified atom stereocenters. The minimum absolute atomic E-state index is 0.0598. The largest absolute Gasteiger partial charge is 0.487 e. The normalized spacial score (nSPS) is 16.9. The van der Waals surface area contributed by atoms with E-state index in [2.05, 4.69) is 19.9 Å². The molecule has 1 aromatic heterocycles. The summed E-state index contributed by atoms with van der Waals surface area (Å²) < 4.78 is 11.4. The van der Waals surface area contributed by atoms with Gasteiger partial charge in [-0.15, -0.1) is 0 Å². The average molecular weight is 258 g/mol. The first-order valence-electron chi connectivity index (χ1n) is 6.91. The lowest BCUT2D eigenvalue weighted by atomic mass is 9.86. The lowest BCUT2D eigenvalue weighted by Gasteiger charge is -2.37. The van der Waals surface area contributed by atoms with Gasteiger partial charge in [-0.05, 0) is 43.4 Å². The van der Waals surface area contributed by atoms with Crippen molar-refractivity contribution in [1.29, 1.82) is 0 Å². The molecule has 0 spiro atoms. The zero-order valence-electron chi connectivity index (χ0n) is 11.4. The number of benzene rings is 1. The van der Waals surface area contributed by atoms with E-state index in [-0.39, 0.29) is 11.2 Å². The van der Waals surface area contributed by atoms with Gasteiger partial charge in [-0.3, -0.25) is 0 Å². The van der Waals surface area contributed by atoms with E-state index < -0.39 is 0 Å². The maximum atomic E-state index is 11.3. The number of hydrogen-bond donors (Lipinski definition) is 0. The van der Waals surface area contributed by atoms with E-state index >= 15 is 0 Å². The summed E-state index contributed by atoms with van der Waals surface area (Å²) in [4.78, 5) is 11.3. The molecule has 0 saturated heterocycles. The van der Waals surface area contributed by atoms with E-state index in [4.69, 9.17) is 9.15 Å². The Kier molecular flexibility index (Phi) is 2.85. The van der Waals surface area contributed by atoms with Crippen molar-refractivity contribution >= 4 is 11.0 Å². The molecule has 2 heterocycles. The molecule has 0 fully saturated rings. The molecular formula is C16H18O3. The Morgan fingerprint density at radius 2 is 2.00 bits per heavy atom. The molecule has 3 heteroatoms. The number of ether oxygens (including phenoxy) is 1. The first-order valence-corrected chi connectivity index (χ1v) is 6.91. The van der Waals surface area contributed by atoms with E-state index in [1.165, 1.54) is 11.6 Å². The monoisotopic (exact) mass is 258 g/mol. The third-order valence-corrected chi connectivity index (χ3v) is 4.27. The predicted octanol–water partition coefficient (Wildman–Crippen LogP) is 3.68. The van der Waals surface area contributed by atoms with Crippen LogP contribution in [0.3, 0.4) is 0 Å². The second-order valence-electron chi connectivity index (χ2n) is 5.24. The van der Waals surface area contributed by atoms with E-state index in [0.29, 0.717) is 5.58 Å². The molecule has 0 saturated carbocycles. The summed E-state index contributed by atoms with van der Waals surface area (Å²) in [6.07, 6.45) is 4.07. The van der Waals surface area contributed by atoms with Crippen molar-refractivity contribution in [2.24, 2.45) is 0 Å². The highest BCUT2D eigenvalue weighted by Crippen LogP contribution is 2.38. The van der Waals surface area contributed by atoms with Crippen LogP contribution in [0.25, 0.3) is 11.0 Å². The molecule has 19 heavy (non-hydrogen) atoms. The first-order chi connectivity index (χ1) is 9.15. The molecule has 1 aromatic carbocycles. The third-order valence-electron chi connectivity index (χ3n) is 4.27. The molecule has 0 bridgehead atoms. The molecular weight excluding hydrogens is 240 g/mol. The van der Waals surface area contributed by atoms with Crippen LogP contribution in [-0.4, -0.2) is 5.60 Å². The lowest BCUT2D eigenvalue weighted by Crippen LogP contribution is -2.38. The summed E-state index contributed by atoms with van der Waals surface area (Å²) in [6, 6.07) is 7.21. The highest BCUT2D eigenvalue weighted by atomic mass is 16.5. The summed E-state index contributed by atoms with van der Waals surface area (Å²) in [5.41, 5.74) is 1.43. The third kappa shape index (κ3) is 2.03. The first kappa shape index (κ1) is 12.3. The van der Waals surface area contributed by atoms with Crippen molar-refractivity contribution < 1.29 is 9.15 Å². The van der Waals surface area contributed by atoms with Crippen LogP contribution in [0.4, 0.5) is 0 Å². The Morgan fingerprint density at radius 3 is 2.74 bits per heavy atom. The van der Waals surface area contributed by atoms with Crippen LogP contribution >= 0.6 is 0 Å². The summed E-state index contributed by atoms with van der Waals surface area (Å²) in [5.74, 6) is 0.872. The molecule has 1 aliphatic heterocycles. The minimum atomic E-state index is -0.319. The van der Waals surface area contributed by atoms with Crippen molar-refractivity contribution in [3.8, 4) is 5.75 Å². The van der Waals surface area contributed by atoms with E-state index in [0.717, 1.165) is 36.8 Å². The summed E-state index contributed by atoms with van der Waals surface area (Å²) in [6.45, 7) is 4.32. The minimum Gasteiger partial charge on any atom is -0.487 e. The summed E-state index contributed by atoms with van der Waals surface area (Å²) in [5, 5.41) is 0.961. The van der Waals surface area contributed by atoms with E-state index in [9.17, 15) is 4.79 Å². The van der Waals surface area contributed by atoms with Gasteiger partial charge < -0.3 is 9.15 Å². The molecule has 2 aromatic rings. The number of hydrogen-bond acceptors (Lipinski definition) is 3. The second kappa shape index (κ2) is 4.41. The fourth-order valence-electron chi connectivity index (χ4n) is 2.83. The van der Waals surface area contributed by atoms with E-state index in [1.807, 2.05) is 12.1 Å². The van der Waals surface area contributed by atoms with Crippen molar-refractivity contribution in [3.63, 3.8) is 0 Å². The zero-order chi connectivity index (χ0) is 13.5. The van der Waals surface area contributed by atoms with Gasteiger partial charge in [-0.25, -0.2) is 4.79 Å². The van der Waals surface area contributed by atoms with Gasteiger partial charge >= 0.3 is 5.63 Å². The van der Waals surface area contributed by atoms with Gasteiger partial charge in [0.05, 0.1) is 0 Å². The van der Waals surface area contributed by atoms with Gasteiger partial charge in [-0.2, -0.15) is 0 Å². The van der Waals surface area contributed by atoms with Gasteiger partial charge in [0, 0.05) is 17.5 Å². The fraction of sp³-hybridized carbons (Fsp3) is 0.438. The molecule has 100 valence electrons. The van der Waals surface area contributed by atoms with Crippen LogP contribution in [0.15, 0.2) is 33.5 Å². The number of rotatable bonds is 2. The van der Waals surface area contributed by atoms with Crippen LogP contribution in [0.5, 0.6) is 5.75 Å². The smallest absolute Gasteiger partial charge is 0.336 e. The van der Waals surface area contributed by atoms with Crippen molar-refractivity contribution in [3.05, 3.63) is 40.2 Å². The Hall–Kier alpha value is -1.77. The molecule has 3 nitrogen and oxygen atoms in total. The molecule has 0 amide bonds. The van der Waals surface area contributed by atoms with E-state index in [1.54, 1.807) is 0 Å². The van der Waals surface area contributed by atoms with Crippen molar-refractivity contribution in [2.75, 3.05) is 0 Å². The van der Waals surface area contributed by atoms with Gasteiger partial charge in [-0.1, -0.05) is 13.8 Å². The average Bonchev–Trinajstić information content (AvgIpc) is 2.44. The Bertz CT molecular complexity index is 665. The topological polar surface area (TPSA) is 39.4 Å². The highest BCUT2D eigenvalue weighted by molar-refractivity contribution is 5.79. The molecule has 1 aliphatic rings. The summed E-state index contributed by atoms with van der Waals surface area (Å²) in [7, 11) is 0. The Morgan fingerprint density at radius 1 is 1.21 bits per heavy atom. The fourth-order valence-corrected chi connectivity index (χ4v) is 2.83. The van der Waals surface area contributed by atoms with Gasteiger partial charge in [0.1, 0.15) is 16.9 Å². The van der Waals surface area contributed by atoms with Crippen LogP contribution in [-0.2, 0) is 6.42 Å².